The van der Waals surface area contributed by atoms with E-state index in [-0.39, 0.29) is 11.7 Å². The van der Waals surface area contributed by atoms with Gasteiger partial charge in [-0.15, -0.1) is 0 Å². The summed E-state index contributed by atoms with van der Waals surface area (Å²) in [6.07, 6.45) is 1.57. The van der Waals surface area contributed by atoms with Crippen molar-refractivity contribution in [3.63, 3.8) is 0 Å². The second-order valence-corrected chi connectivity index (χ2v) is 7.42. The van der Waals surface area contributed by atoms with E-state index in [1.807, 2.05) is 24.3 Å². The normalized spacial score (nSPS) is 15.1. The van der Waals surface area contributed by atoms with Gasteiger partial charge in [-0.25, -0.2) is 4.39 Å². The van der Waals surface area contributed by atoms with E-state index >= 15 is 0 Å². The van der Waals surface area contributed by atoms with Crippen LogP contribution in [-0.4, -0.2) is 37.0 Å². The highest BCUT2D eigenvalue weighted by atomic mass is 19.1. The Labute approximate surface area is 181 Å². The molecule has 6 nitrogen and oxygen atoms in total. The van der Waals surface area contributed by atoms with Gasteiger partial charge in [0, 0.05) is 24.0 Å². The number of likely N-dealkylation sites (N-methyl/N-ethyl adjacent to an activating group) is 1. The number of rotatable bonds is 9. The first-order valence-corrected chi connectivity index (χ1v) is 10.5. The van der Waals surface area contributed by atoms with E-state index < -0.39 is 5.92 Å². The number of furan rings is 1. The second-order valence-electron chi connectivity index (χ2n) is 7.42. The number of ether oxygens (including phenoxy) is 1. The fraction of sp³-hybridized carbons (Fsp3) is 0.292. The highest BCUT2D eigenvalue weighted by Gasteiger charge is 2.34. The van der Waals surface area contributed by atoms with Gasteiger partial charge in [0.05, 0.1) is 5.69 Å². The third-order valence-corrected chi connectivity index (χ3v) is 5.46. The van der Waals surface area contributed by atoms with E-state index in [1.165, 1.54) is 12.1 Å². The number of carbonyl (C=O) groups is 1. The summed E-state index contributed by atoms with van der Waals surface area (Å²) in [6, 6.07) is 13.8. The predicted octanol–water partition coefficient (Wildman–Crippen LogP) is 4.97. The molecule has 0 bridgehead atoms. The van der Waals surface area contributed by atoms with Gasteiger partial charge < -0.3 is 24.7 Å². The van der Waals surface area contributed by atoms with Gasteiger partial charge in [0.1, 0.15) is 36.1 Å². The quantitative estimate of drug-likeness (QED) is 0.509. The Morgan fingerprint density at radius 3 is 2.61 bits per heavy atom. The Morgan fingerprint density at radius 1 is 1.10 bits per heavy atom. The van der Waals surface area contributed by atoms with Crippen molar-refractivity contribution >= 4 is 23.0 Å². The first-order chi connectivity index (χ1) is 15.1. The number of hydrogen-bond acceptors (Lipinski definition) is 5. The predicted molar refractivity (Wildman–Crippen MR) is 119 cm³/mol. The van der Waals surface area contributed by atoms with Gasteiger partial charge in [0.2, 0.25) is 5.91 Å². The van der Waals surface area contributed by atoms with Crippen LogP contribution in [0.3, 0.4) is 0 Å². The summed E-state index contributed by atoms with van der Waals surface area (Å²) in [6.45, 7) is 7.86. The molecule has 1 aliphatic heterocycles. The van der Waals surface area contributed by atoms with Gasteiger partial charge in [-0.05, 0) is 55.1 Å². The van der Waals surface area contributed by atoms with E-state index in [4.69, 9.17) is 9.15 Å². The van der Waals surface area contributed by atoms with Crippen LogP contribution >= 0.6 is 0 Å². The molecular formula is C24H26FN3O3. The van der Waals surface area contributed by atoms with Gasteiger partial charge in [0.15, 0.2) is 0 Å². The molecular weight excluding hydrogens is 397 g/mol. The molecule has 0 saturated heterocycles. The summed E-state index contributed by atoms with van der Waals surface area (Å²) in [7, 11) is 0. The van der Waals surface area contributed by atoms with Gasteiger partial charge in [-0.1, -0.05) is 19.9 Å². The monoisotopic (exact) mass is 423 g/mol. The highest BCUT2D eigenvalue weighted by molar-refractivity contribution is 6.04. The molecule has 0 radical (unpaired) electrons. The smallest absolute Gasteiger partial charge is 0.239 e. The standard InChI is InChI=1S/C24H26FN3O3/c1-3-28(4-2)11-12-30-19-8-6-17(7-9-19)26-18-14-22(31-15-18)23-20-10-5-16(25)13-21(20)27-24(23)29/h5-10,13-15,23,26H,3-4,11-12H2,1-2H3,(H,27,29). The Hall–Kier alpha value is -3.32. The molecule has 1 atom stereocenters. The van der Waals surface area contributed by atoms with Crippen LogP contribution in [0.2, 0.25) is 0 Å². The summed E-state index contributed by atoms with van der Waals surface area (Å²) >= 11 is 0. The van der Waals surface area contributed by atoms with Crippen LogP contribution in [0.25, 0.3) is 0 Å². The summed E-state index contributed by atoms with van der Waals surface area (Å²) in [5.74, 6) is 0.112. The third-order valence-electron chi connectivity index (χ3n) is 5.46. The first-order valence-electron chi connectivity index (χ1n) is 10.5. The molecule has 0 saturated carbocycles. The van der Waals surface area contributed by atoms with E-state index in [0.29, 0.717) is 23.6 Å². The fourth-order valence-corrected chi connectivity index (χ4v) is 3.72. The molecule has 3 aromatic rings. The van der Waals surface area contributed by atoms with Crippen LogP contribution in [-0.2, 0) is 4.79 Å². The van der Waals surface area contributed by atoms with Crippen molar-refractivity contribution < 1.29 is 18.3 Å². The minimum Gasteiger partial charge on any atom is -0.492 e. The molecule has 0 spiro atoms. The minimum absolute atomic E-state index is 0.229. The van der Waals surface area contributed by atoms with E-state index in [9.17, 15) is 9.18 Å². The molecule has 0 fully saturated rings. The molecule has 2 heterocycles. The number of halogens is 1. The highest BCUT2D eigenvalue weighted by Crippen LogP contribution is 2.39. The van der Waals surface area contributed by atoms with Crippen LogP contribution in [0.15, 0.2) is 59.2 Å². The van der Waals surface area contributed by atoms with Crippen molar-refractivity contribution in [3.05, 3.63) is 71.9 Å². The zero-order chi connectivity index (χ0) is 21.8. The van der Waals surface area contributed by atoms with E-state index in [0.717, 1.165) is 36.8 Å². The van der Waals surface area contributed by atoms with Crippen LogP contribution in [0.5, 0.6) is 5.75 Å². The van der Waals surface area contributed by atoms with Crippen molar-refractivity contribution in [1.29, 1.82) is 0 Å². The number of nitrogens with zero attached hydrogens (tertiary/aromatic N) is 1. The Morgan fingerprint density at radius 2 is 1.87 bits per heavy atom. The SMILES string of the molecule is CCN(CC)CCOc1ccc(Nc2coc(C3C(=O)Nc4cc(F)ccc43)c2)cc1. The summed E-state index contributed by atoms with van der Waals surface area (Å²) in [5.41, 5.74) is 2.80. The van der Waals surface area contributed by atoms with Gasteiger partial charge >= 0.3 is 0 Å². The molecule has 4 rings (SSSR count). The largest absolute Gasteiger partial charge is 0.492 e. The molecule has 2 N–H and O–H groups in total. The number of fused-ring (bicyclic) bond motifs is 1. The molecule has 31 heavy (non-hydrogen) atoms. The Bertz CT molecular complexity index is 1040. The lowest BCUT2D eigenvalue weighted by molar-refractivity contribution is -0.116. The van der Waals surface area contributed by atoms with Crippen LogP contribution < -0.4 is 15.4 Å². The topological polar surface area (TPSA) is 66.7 Å². The molecule has 7 heteroatoms. The minimum atomic E-state index is -0.590. The van der Waals surface area contributed by atoms with Crippen molar-refractivity contribution in [1.82, 2.24) is 4.90 Å². The summed E-state index contributed by atoms with van der Waals surface area (Å²) in [4.78, 5) is 14.7. The van der Waals surface area contributed by atoms with Crippen LogP contribution in [0, 0.1) is 5.82 Å². The zero-order valence-electron chi connectivity index (χ0n) is 17.7. The summed E-state index contributed by atoms with van der Waals surface area (Å²) in [5, 5.41) is 5.97. The lowest BCUT2D eigenvalue weighted by Gasteiger charge is -2.18. The number of benzene rings is 2. The third kappa shape index (κ3) is 4.72. The lowest BCUT2D eigenvalue weighted by Crippen LogP contribution is -2.27. The maximum absolute atomic E-state index is 13.4. The average molecular weight is 423 g/mol. The molecule has 1 unspecified atom stereocenters. The Balaban J connectivity index is 1.38. The molecule has 1 amide bonds. The number of nitrogens with one attached hydrogen (secondary N) is 2. The number of carbonyl (C=O) groups excluding carboxylic acids is 1. The number of amides is 1. The molecule has 2 aromatic carbocycles. The van der Waals surface area contributed by atoms with Gasteiger partial charge in [-0.2, -0.15) is 0 Å². The van der Waals surface area contributed by atoms with Gasteiger partial charge in [0.25, 0.3) is 0 Å². The van der Waals surface area contributed by atoms with E-state index in [1.54, 1.807) is 18.4 Å². The van der Waals surface area contributed by atoms with Crippen molar-refractivity contribution in [2.75, 3.05) is 36.9 Å². The van der Waals surface area contributed by atoms with E-state index in [2.05, 4.69) is 29.4 Å². The van der Waals surface area contributed by atoms with Gasteiger partial charge in [-0.3, -0.25) is 4.79 Å². The van der Waals surface area contributed by atoms with Crippen LogP contribution in [0.1, 0.15) is 31.1 Å². The fourth-order valence-electron chi connectivity index (χ4n) is 3.72. The first kappa shape index (κ1) is 20.9. The number of hydrogen-bond donors (Lipinski definition) is 2. The average Bonchev–Trinajstić information content (AvgIpc) is 3.35. The lowest BCUT2D eigenvalue weighted by atomic mass is 9.98. The number of anilines is 3. The molecule has 1 aromatic heterocycles. The molecule has 162 valence electrons. The van der Waals surface area contributed by atoms with Crippen molar-refractivity contribution in [2.45, 2.75) is 19.8 Å². The Kier molecular flexibility index (Phi) is 6.23. The zero-order valence-corrected chi connectivity index (χ0v) is 17.7. The molecule has 0 aliphatic carbocycles. The van der Waals surface area contributed by atoms with Crippen molar-refractivity contribution in [2.24, 2.45) is 0 Å². The molecule has 1 aliphatic rings. The summed E-state index contributed by atoms with van der Waals surface area (Å²) < 4.78 is 24.9. The second kappa shape index (κ2) is 9.22. The maximum Gasteiger partial charge on any atom is 0.239 e. The van der Waals surface area contributed by atoms with Crippen LogP contribution in [0.4, 0.5) is 21.5 Å². The maximum atomic E-state index is 13.4. The van der Waals surface area contributed by atoms with Crippen molar-refractivity contribution in [3.8, 4) is 5.75 Å².